The summed E-state index contributed by atoms with van der Waals surface area (Å²) in [5.74, 6) is -1.35. The van der Waals surface area contributed by atoms with Gasteiger partial charge in [0.1, 0.15) is 6.54 Å². The maximum atomic E-state index is 11.7. The van der Waals surface area contributed by atoms with Gasteiger partial charge in [0.05, 0.1) is 5.52 Å². The van der Waals surface area contributed by atoms with Gasteiger partial charge < -0.3 is 10.4 Å². The van der Waals surface area contributed by atoms with E-state index in [0.29, 0.717) is 10.9 Å². The highest BCUT2D eigenvalue weighted by Crippen LogP contribution is 2.23. The van der Waals surface area contributed by atoms with Crippen LogP contribution in [0.15, 0.2) is 22.7 Å². The van der Waals surface area contributed by atoms with Crippen molar-refractivity contribution in [2.45, 2.75) is 6.54 Å². The predicted molar refractivity (Wildman–Crippen MR) is 68.5 cm³/mol. The summed E-state index contributed by atoms with van der Waals surface area (Å²) >= 11 is 3.31. The van der Waals surface area contributed by atoms with Gasteiger partial charge in [0, 0.05) is 16.9 Å². The summed E-state index contributed by atoms with van der Waals surface area (Å²) < 4.78 is 2.10. The molecular weight excluding hydrogens is 302 g/mol. The van der Waals surface area contributed by atoms with Gasteiger partial charge in [-0.1, -0.05) is 15.9 Å². The second-order valence-electron chi connectivity index (χ2n) is 3.64. The minimum absolute atomic E-state index is 0.218. The van der Waals surface area contributed by atoms with Crippen molar-refractivity contribution in [3.63, 3.8) is 0 Å². The second kappa shape index (κ2) is 4.77. The molecule has 0 saturated heterocycles. The molecule has 1 aromatic carbocycles. The topological polar surface area (TPSA) is 84.2 Å². The van der Waals surface area contributed by atoms with Crippen LogP contribution >= 0.6 is 15.9 Å². The van der Waals surface area contributed by atoms with Gasteiger partial charge >= 0.3 is 5.97 Å². The van der Waals surface area contributed by atoms with Crippen LogP contribution in [-0.4, -0.2) is 33.8 Å². The molecule has 0 spiro atoms. The lowest BCUT2D eigenvalue weighted by molar-refractivity contribution is -0.137. The first kappa shape index (κ1) is 12.6. The Labute approximate surface area is 111 Å². The van der Waals surface area contributed by atoms with Crippen molar-refractivity contribution >= 4 is 38.7 Å². The monoisotopic (exact) mass is 311 g/mol. The standard InChI is InChI=1S/C11H10BrN3O3/c1-13-11(18)10-7-4-6(12)2-3-8(7)15(14-10)5-9(16)17/h2-4H,5H2,1H3,(H,13,18)(H,16,17). The Kier molecular flexibility index (Phi) is 3.33. The van der Waals surface area contributed by atoms with E-state index in [1.54, 1.807) is 18.2 Å². The highest BCUT2D eigenvalue weighted by atomic mass is 79.9. The Morgan fingerprint density at radius 3 is 2.83 bits per heavy atom. The summed E-state index contributed by atoms with van der Waals surface area (Å²) in [4.78, 5) is 22.4. The van der Waals surface area contributed by atoms with Crippen molar-refractivity contribution in [1.29, 1.82) is 0 Å². The number of carbonyl (C=O) groups excluding carboxylic acids is 1. The number of hydrogen-bond donors (Lipinski definition) is 2. The SMILES string of the molecule is CNC(=O)c1nn(CC(=O)O)c2ccc(Br)cc12. The van der Waals surface area contributed by atoms with Gasteiger partial charge in [-0.2, -0.15) is 5.10 Å². The first-order valence-corrected chi connectivity index (χ1v) is 5.92. The van der Waals surface area contributed by atoms with Gasteiger partial charge in [-0.05, 0) is 18.2 Å². The molecule has 0 aliphatic rings. The number of nitrogens with zero attached hydrogens (tertiary/aromatic N) is 2. The lowest BCUT2D eigenvalue weighted by Crippen LogP contribution is -2.19. The van der Waals surface area contributed by atoms with Crippen LogP contribution in [0.3, 0.4) is 0 Å². The first-order valence-electron chi connectivity index (χ1n) is 5.13. The number of benzene rings is 1. The van der Waals surface area contributed by atoms with Crippen LogP contribution in [-0.2, 0) is 11.3 Å². The van der Waals surface area contributed by atoms with Crippen LogP contribution in [0.5, 0.6) is 0 Å². The molecule has 94 valence electrons. The fraction of sp³-hybridized carbons (Fsp3) is 0.182. The van der Waals surface area contributed by atoms with E-state index in [1.807, 2.05) is 0 Å². The molecule has 2 rings (SSSR count). The average molecular weight is 312 g/mol. The van der Waals surface area contributed by atoms with Gasteiger partial charge in [0.15, 0.2) is 5.69 Å². The lowest BCUT2D eigenvalue weighted by atomic mass is 10.2. The van der Waals surface area contributed by atoms with Crippen molar-refractivity contribution in [2.75, 3.05) is 7.05 Å². The lowest BCUT2D eigenvalue weighted by Gasteiger charge is -1.98. The second-order valence-corrected chi connectivity index (χ2v) is 4.56. The number of hydrogen-bond acceptors (Lipinski definition) is 3. The van der Waals surface area contributed by atoms with Crippen molar-refractivity contribution < 1.29 is 14.7 Å². The molecule has 2 aromatic rings. The number of aromatic nitrogens is 2. The van der Waals surface area contributed by atoms with Gasteiger partial charge in [-0.25, -0.2) is 0 Å². The van der Waals surface area contributed by atoms with Crippen molar-refractivity contribution in [2.24, 2.45) is 0 Å². The Balaban J connectivity index is 2.66. The molecule has 6 nitrogen and oxygen atoms in total. The maximum absolute atomic E-state index is 11.7. The summed E-state index contributed by atoms with van der Waals surface area (Å²) in [6.45, 7) is -0.283. The Hall–Kier alpha value is -1.89. The number of halogens is 1. The zero-order chi connectivity index (χ0) is 13.3. The summed E-state index contributed by atoms with van der Waals surface area (Å²) in [6, 6.07) is 5.24. The van der Waals surface area contributed by atoms with Crippen LogP contribution in [0.4, 0.5) is 0 Å². The number of nitrogens with one attached hydrogen (secondary N) is 1. The Morgan fingerprint density at radius 1 is 1.50 bits per heavy atom. The highest BCUT2D eigenvalue weighted by molar-refractivity contribution is 9.10. The number of aliphatic carboxylic acids is 1. The zero-order valence-corrected chi connectivity index (χ0v) is 11.1. The van der Waals surface area contributed by atoms with Crippen molar-refractivity contribution in [3.05, 3.63) is 28.4 Å². The smallest absolute Gasteiger partial charge is 0.325 e. The molecule has 0 atom stereocenters. The number of carboxylic acid groups (broad SMARTS) is 1. The normalized spacial score (nSPS) is 10.6. The molecule has 0 saturated carbocycles. The van der Waals surface area contributed by atoms with E-state index in [2.05, 4.69) is 26.3 Å². The number of rotatable bonds is 3. The molecule has 0 aliphatic heterocycles. The largest absolute Gasteiger partial charge is 0.480 e. The number of carbonyl (C=O) groups is 2. The molecule has 7 heteroatoms. The molecule has 0 bridgehead atoms. The van der Waals surface area contributed by atoms with Crippen LogP contribution < -0.4 is 5.32 Å². The summed E-state index contributed by atoms with van der Waals surface area (Å²) in [5.41, 5.74) is 0.828. The third-order valence-corrected chi connectivity index (χ3v) is 2.93. The van der Waals surface area contributed by atoms with Gasteiger partial charge in [0.2, 0.25) is 0 Å². The van der Waals surface area contributed by atoms with Crippen LogP contribution in [0.25, 0.3) is 10.9 Å². The van der Waals surface area contributed by atoms with Gasteiger partial charge in [0.25, 0.3) is 5.91 Å². The van der Waals surface area contributed by atoms with E-state index in [9.17, 15) is 9.59 Å². The quantitative estimate of drug-likeness (QED) is 0.893. The molecular formula is C11H10BrN3O3. The summed E-state index contributed by atoms with van der Waals surface area (Å²) in [7, 11) is 1.50. The fourth-order valence-corrected chi connectivity index (χ4v) is 2.05. The summed E-state index contributed by atoms with van der Waals surface area (Å²) in [5, 5.41) is 16.0. The molecule has 1 amide bonds. The minimum Gasteiger partial charge on any atom is -0.480 e. The predicted octanol–water partition coefficient (Wildman–Crippen LogP) is 1.24. The van der Waals surface area contributed by atoms with Crippen LogP contribution in [0.2, 0.25) is 0 Å². The molecule has 1 aromatic heterocycles. The molecule has 1 heterocycles. The van der Waals surface area contributed by atoms with E-state index in [0.717, 1.165) is 4.47 Å². The maximum Gasteiger partial charge on any atom is 0.325 e. The van der Waals surface area contributed by atoms with E-state index in [1.165, 1.54) is 11.7 Å². The highest BCUT2D eigenvalue weighted by Gasteiger charge is 2.17. The van der Waals surface area contributed by atoms with E-state index < -0.39 is 5.97 Å². The molecule has 0 fully saturated rings. The van der Waals surface area contributed by atoms with Crippen molar-refractivity contribution in [1.82, 2.24) is 15.1 Å². The van der Waals surface area contributed by atoms with Gasteiger partial charge in [-0.15, -0.1) is 0 Å². The minimum atomic E-state index is -1.01. The third-order valence-electron chi connectivity index (χ3n) is 2.44. The Bertz CT molecular complexity index is 636. The van der Waals surface area contributed by atoms with Crippen LogP contribution in [0, 0.1) is 0 Å². The first-order chi connectivity index (χ1) is 8.52. The molecule has 0 radical (unpaired) electrons. The van der Waals surface area contributed by atoms with E-state index in [-0.39, 0.29) is 18.1 Å². The van der Waals surface area contributed by atoms with Crippen LogP contribution in [0.1, 0.15) is 10.5 Å². The molecule has 2 N–H and O–H groups in total. The number of fused-ring (bicyclic) bond motifs is 1. The van der Waals surface area contributed by atoms with Gasteiger partial charge in [-0.3, -0.25) is 14.3 Å². The van der Waals surface area contributed by atoms with E-state index >= 15 is 0 Å². The number of amides is 1. The average Bonchev–Trinajstić information content (AvgIpc) is 2.65. The molecule has 0 unspecified atom stereocenters. The third kappa shape index (κ3) is 2.21. The van der Waals surface area contributed by atoms with E-state index in [4.69, 9.17) is 5.11 Å². The van der Waals surface area contributed by atoms with Crippen molar-refractivity contribution in [3.8, 4) is 0 Å². The fourth-order valence-electron chi connectivity index (χ4n) is 1.69. The Morgan fingerprint density at radius 2 is 2.22 bits per heavy atom. The summed E-state index contributed by atoms with van der Waals surface area (Å²) in [6.07, 6.45) is 0. The molecule has 18 heavy (non-hydrogen) atoms. The zero-order valence-electron chi connectivity index (χ0n) is 9.48. The number of carboxylic acids is 1. The molecule has 0 aliphatic carbocycles.